The van der Waals surface area contributed by atoms with E-state index in [1.807, 2.05) is 57.2 Å². The Labute approximate surface area is 124 Å². The molecule has 0 bridgehead atoms. The lowest BCUT2D eigenvalue weighted by Crippen LogP contribution is -2.29. The van der Waals surface area contributed by atoms with Crippen LogP contribution in [0.3, 0.4) is 0 Å². The highest BCUT2D eigenvalue weighted by atomic mass is 16.2. The van der Waals surface area contributed by atoms with Gasteiger partial charge in [-0.2, -0.15) is 0 Å². The number of carbonyl (C=O) groups excluding carboxylic acids is 2. The molecule has 0 radical (unpaired) electrons. The highest BCUT2D eigenvalue weighted by molar-refractivity contribution is 6.43. The number of nitrogens with one attached hydrogen (secondary N) is 2. The summed E-state index contributed by atoms with van der Waals surface area (Å²) >= 11 is 0. The Morgan fingerprint density at radius 1 is 0.714 bits per heavy atom. The van der Waals surface area contributed by atoms with Crippen molar-refractivity contribution in [2.75, 3.05) is 10.6 Å². The van der Waals surface area contributed by atoms with Crippen LogP contribution in [0.2, 0.25) is 0 Å². The molecule has 4 nitrogen and oxygen atoms in total. The van der Waals surface area contributed by atoms with Gasteiger partial charge in [-0.3, -0.25) is 9.59 Å². The van der Waals surface area contributed by atoms with E-state index in [0.717, 1.165) is 16.7 Å². The summed E-state index contributed by atoms with van der Waals surface area (Å²) in [5, 5.41) is 5.29. The Morgan fingerprint density at radius 3 is 1.86 bits per heavy atom. The van der Waals surface area contributed by atoms with Gasteiger partial charge in [0.25, 0.3) is 0 Å². The fourth-order valence-electron chi connectivity index (χ4n) is 2.07. The summed E-state index contributed by atoms with van der Waals surface area (Å²) in [5.41, 5.74) is 4.08. The van der Waals surface area contributed by atoms with E-state index in [4.69, 9.17) is 0 Å². The van der Waals surface area contributed by atoms with Crippen molar-refractivity contribution in [3.05, 3.63) is 59.2 Å². The number of aryl methyl sites for hydroxylation is 3. The van der Waals surface area contributed by atoms with E-state index in [2.05, 4.69) is 10.6 Å². The van der Waals surface area contributed by atoms with Crippen molar-refractivity contribution in [3.63, 3.8) is 0 Å². The third-order valence-electron chi connectivity index (χ3n) is 3.32. The zero-order valence-corrected chi connectivity index (χ0v) is 12.4. The van der Waals surface area contributed by atoms with E-state index in [1.165, 1.54) is 0 Å². The van der Waals surface area contributed by atoms with Crippen molar-refractivity contribution >= 4 is 23.2 Å². The first-order chi connectivity index (χ1) is 9.99. The van der Waals surface area contributed by atoms with Crippen LogP contribution in [0.4, 0.5) is 11.4 Å². The van der Waals surface area contributed by atoms with Crippen LogP contribution in [-0.4, -0.2) is 11.8 Å². The fraction of sp³-hybridized carbons (Fsp3) is 0.176. The number of hydrogen-bond acceptors (Lipinski definition) is 2. The summed E-state index contributed by atoms with van der Waals surface area (Å²) in [4.78, 5) is 24.0. The fourth-order valence-corrected chi connectivity index (χ4v) is 2.07. The van der Waals surface area contributed by atoms with Gasteiger partial charge in [0.1, 0.15) is 0 Å². The zero-order valence-electron chi connectivity index (χ0n) is 12.4. The van der Waals surface area contributed by atoms with Crippen LogP contribution in [0.5, 0.6) is 0 Å². The topological polar surface area (TPSA) is 58.2 Å². The smallest absolute Gasteiger partial charge is 0.314 e. The molecule has 2 aromatic carbocycles. The Morgan fingerprint density at radius 2 is 1.24 bits per heavy atom. The molecule has 0 heterocycles. The molecule has 0 unspecified atom stereocenters. The molecule has 0 spiro atoms. The Hall–Kier alpha value is -2.62. The molecule has 2 amide bonds. The van der Waals surface area contributed by atoms with Gasteiger partial charge in [0.05, 0.1) is 0 Å². The first-order valence-electron chi connectivity index (χ1n) is 6.73. The maximum Gasteiger partial charge on any atom is 0.314 e. The molecule has 0 atom stereocenters. The molecule has 2 N–H and O–H groups in total. The second-order valence-corrected chi connectivity index (χ2v) is 4.99. The minimum Gasteiger partial charge on any atom is -0.318 e. The maximum absolute atomic E-state index is 12.0. The molecule has 0 fully saturated rings. The number of benzene rings is 2. The van der Waals surface area contributed by atoms with Crippen molar-refractivity contribution in [1.29, 1.82) is 0 Å². The van der Waals surface area contributed by atoms with Gasteiger partial charge in [-0.1, -0.05) is 36.4 Å². The van der Waals surface area contributed by atoms with Crippen molar-refractivity contribution in [1.82, 2.24) is 0 Å². The molecule has 0 aliphatic carbocycles. The number of rotatable bonds is 2. The Kier molecular flexibility index (Phi) is 4.38. The zero-order chi connectivity index (χ0) is 15.4. The number of para-hydroxylation sites is 2. The largest absolute Gasteiger partial charge is 0.318 e. The van der Waals surface area contributed by atoms with E-state index in [0.29, 0.717) is 11.4 Å². The lowest BCUT2D eigenvalue weighted by atomic mass is 10.1. The van der Waals surface area contributed by atoms with Gasteiger partial charge in [-0.25, -0.2) is 0 Å². The standard InChI is InChI=1S/C17H18N2O2/c1-11-7-4-5-10-14(11)18-16(20)17(21)19-15-12(2)8-6-9-13(15)3/h4-10H,1-3H3,(H,18,20)(H,19,21). The normalized spacial score (nSPS) is 10.0. The summed E-state index contributed by atoms with van der Waals surface area (Å²) in [6, 6.07) is 13.0. The molecule has 0 aliphatic heterocycles. The summed E-state index contributed by atoms with van der Waals surface area (Å²) in [5.74, 6) is -1.34. The van der Waals surface area contributed by atoms with Gasteiger partial charge in [-0.05, 0) is 43.5 Å². The van der Waals surface area contributed by atoms with Crippen LogP contribution in [0.1, 0.15) is 16.7 Å². The molecule has 0 saturated carbocycles. The molecule has 2 rings (SSSR count). The van der Waals surface area contributed by atoms with Crippen molar-refractivity contribution < 1.29 is 9.59 Å². The average Bonchev–Trinajstić information content (AvgIpc) is 2.45. The van der Waals surface area contributed by atoms with E-state index >= 15 is 0 Å². The van der Waals surface area contributed by atoms with Crippen LogP contribution in [-0.2, 0) is 9.59 Å². The predicted molar refractivity (Wildman–Crippen MR) is 84.4 cm³/mol. The third-order valence-corrected chi connectivity index (χ3v) is 3.32. The highest BCUT2D eigenvalue weighted by Gasteiger charge is 2.16. The molecule has 0 aliphatic rings. The number of hydrogen-bond donors (Lipinski definition) is 2. The predicted octanol–water partition coefficient (Wildman–Crippen LogP) is 3.19. The molecule has 2 aromatic rings. The first-order valence-corrected chi connectivity index (χ1v) is 6.73. The van der Waals surface area contributed by atoms with Crippen LogP contribution >= 0.6 is 0 Å². The van der Waals surface area contributed by atoms with Gasteiger partial charge in [0.2, 0.25) is 0 Å². The monoisotopic (exact) mass is 282 g/mol. The van der Waals surface area contributed by atoms with E-state index in [-0.39, 0.29) is 0 Å². The van der Waals surface area contributed by atoms with Crippen LogP contribution in [0.25, 0.3) is 0 Å². The Balaban J connectivity index is 2.10. The minimum atomic E-state index is -0.674. The van der Waals surface area contributed by atoms with E-state index < -0.39 is 11.8 Å². The second-order valence-electron chi connectivity index (χ2n) is 4.99. The minimum absolute atomic E-state index is 0.638. The molecular weight excluding hydrogens is 264 g/mol. The summed E-state index contributed by atoms with van der Waals surface area (Å²) in [6.07, 6.45) is 0. The van der Waals surface area contributed by atoms with E-state index in [1.54, 1.807) is 6.07 Å². The van der Waals surface area contributed by atoms with Crippen molar-refractivity contribution in [2.24, 2.45) is 0 Å². The van der Waals surface area contributed by atoms with Gasteiger partial charge >= 0.3 is 11.8 Å². The second kappa shape index (κ2) is 6.22. The molecule has 108 valence electrons. The summed E-state index contributed by atoms with van der Waals surface area (Å²) in [6.45, 7) is 5.66. The van der Waals surface area contributed by atoms with Gasteiger partial charge in [-0.15, -0.1) is 0 Å². The number of amides is 2. The number of anilines is 2. The maximum atomic E-state index is 12.0. The molecule has 4 heteroatoms. The first kappa shape index (κ1) is 14.8. The molecule has 0 aromatic heterocycles. The van der Waals surface area contributed by atoms with Crippen LogP contribution in [0.15, 0.2) is 42.5 Å². The number of carbonyl (C=O) groups is 2. The van der Waals surface area contributed by atoms with Gasteiger partial charge in [0, 0.05) is 11.4 Å². The third kappa shape index (κ3) is 3.48. The van der Waals surface area contributed by atoms with Crippen LogP contribution in [0, 0.1) is 20.8 Å². The Bertz CT molecular complexity index is 673. The van der Waals surface area contributed by atoms with Crippen molar-refractivity contribution in [3.8, 4) is 0 Å². The average molecular weight is 282 g/mol. The van der Waals surface area contributed by atoms with Crippen molar-refractivity contribution in [2.45, 2.75) is 20.8 Å². The highest BCUT2D eigenvalue weighted by Crippen LogP contribution is 2.19. The molecular formula is C17H18N2O2. The van der Waals surface area contributed by atoms with Gasteiger partial charge < -0.3 is 10.6 Å². The lowest BCUT2D eigenvalue weighted by Gasteiger charge is -2.12. The summed E-state index contributed by atoms with van der Waals surface area (Å²) in [7, 11) is 0. The molecule has 0 saturated heterocycles. The van der Waals surface area contributed by atoms with Crippen LogP contribution < -0.4 is 10.6 Å². The lowest BCUT2D eigenvalue weighted by molar-refractivity contribution is -0.133. The quantitative estimate of drug-likeness (QED) is 0.831. The SMILES string of the molecule is Cc1ccccc1NC(=O)C(=O)Nc1c(C)cccc1C. The van der Waals surface area contributed by atoms with E-state index in [9.17, 15) is 9.59 Å². The summed E-state index contributed by atoms with van der Waals surface area (Å²) < 4.78 is 0. The van der Waals surface area contributed by atoms with Gasteiger partial charge in [0.15, 0.2) is 0 Å². The molecule has 21 heavy (non-hydrogen) atoms.